The zero-order chi connectivity index (χ0) is 11.5. The highest BCUT2D eigenvalue weighted by Crippen LogP contribution is 2.39. The number of pyridine rings is 1. The molecule has 2 heterocycles. The molecule has 2 aromatic rings. The van der Waals surface area contributed by atoms with Crippen LogP contribution in [-0.4, -0.2) is 4.98 Å². The Labute approximate surface area is 117 Å². The molecule has 84 valence electrons. The average molecular weight is 337 g/mol. The first kappa shape index (κ1) is 12.4. The minimum atomic E-state index is 0.152. The van der Waals surface area contributed by atoms with Crippen molar-refractivity contribution in [3.8, 4) is 0 Å². The molecule has 1 unspecified atom stereocenters. The first-order valence-electron chi connectivity index (χ1n) is 4.65. The summed E-state index contributed by atoms with van der Waals surface area (Å²) in [6.07, 6.45) is 2.59. The Morgan fingerprint density at radius 2 is 2.19 bits per heavy atom. The molecule has 0 amide bonds. The first-order valence-corrected chi connectivity index (χ1v) is 7.14. The van der Waals surface area contributed by atoms with Crippen LogP contribution in [0.15, 0.2) is 30.5 Å². The van der Waals surface area contributed by atoms with Crippen molar-refractivity contribution in [3.63, 3.8) is 0 Å². The summed E-state index contributed by atoms with van der Waals surface area (Å²) in [5, 5.41) is 0. The molecule has 5 heteroatoms. The Morgan fingerprint density at radius 1 is 1.38 bits per heavy atom. The highest BCUT2D eigenvalue weighted by atomic mass is 79.9. The maximum atomic E-state index is 6.09. The van der Waals surface area contributed by atoms with E-state index in [1.165, 1.54) is 11.3 Å². The molecule has 0 saturated heterocycles. The molecule has 0 aliphatic carbocycles. The second-order valence-electron chi connectivity index (χ2n) is 3.27. The van der Waals surface area contributed by atoms with Crippen LogP contribution in [0.1, 0.15) is 16.1 Å². The van der Waals surface area contributed by atoms with Crippen LogP contribution in [0, 0.1) is 0 Å². The molecule has 2 rings (SSSR count). The summed E-state index contributed by atoms with van der Waals surface area (Å²) in [5.41, 5.74) is 2.06. The Bertz CT molecular complexity index is 472. The van der Waals surface area contributed by atoms with E-state index < -0.39 is 0 Å². The van der Waals surface area contributed by atoms with Gasteiger partial charge in [0.1, 0.15) is 0 Å². The number of hydrogen-bond donors (Lipinski definition) is 0. The molecule has 0 radical (unpaired) electrons. The van der Waals surface area contributed by atoms with Gasteiger partial charge in [0.25, 0.3) is 0 Å². The maximum Gasteiger partial charge on any atom is 0.0987 e. The van der Waals surface area contributed by atoms with Crippen molar-refractivity contribution in [1.29, 1.82) is 0 Å². The van der Waals surface area contributed by atoms with Crippen molar-refractivity contribution in [1.82, 2.24) is 4.98 Å². The number of halogens is 3. The molecule has 0 N–H and O–H groups in total. The molecule has 1 nitrogen and oxygen atoms in total. The van der Waals surface area contributed by atoms with E-state index in [-0.39, 0.29) is 4.83 Å². The van der Waals surface area contributed by atoms with Gasteiger partial charge in [0.05, 0.1) is 8.67 Å². The Balaban J connectivity index is 2.14. The fourth-order valence-electron chi connectivity index (χ4n) is 1.38. The molecule has 0 aliphatic rings. The van der Waals surface area contributed by atoms with Gasteiger partial charge in [-0.3, -0.25) is 4.98 Å². The van der Waals surface area contributed by atoms with Crippen molar-refractivity contribution in [3.05, 3.63) is 50.4 Å². The summed E-state index contributed by atoms with van der Waals surface area (Å²) < 4.78 is 1.45. The zero-order valence-corrected chi connectivity index (χ0v) is 12.1. The van der Waals surface area contributed by atoms with Crippen LogP contribution in [0.2, 0.25) is 8.67 Å². The van der Waals surface area contributed by atoms with Crippen molar-refractivity contribution in [2.24, 2.45) is 0 Å². The first-order chi connectivity index (χ1) is 7.66. The quantitative estimate of drug-likeness (QED) is 0.708. The fourth-order valence-corrected chi connectivity index (χ4v) is 3.93. The van der Waals surface area contributed by atoms with Gasteiger partial charge in [0.2, 0.25) is 0 Å². The van der Waals surface area contributed by atoms with Crippen LogP contribution in [0.4, 0.5) is 0 Å². The van der Waals surface area contributed by atoms with Crippen molar-refractivity contribution in [2.75, 3.05) is 0 Å². The lowest BCUT2D eigenvalue weighted by Crippen LogP contribution is -1.96. The second kappa shape index (κ2) is 5.50. The highest BCUT2D eigenvalue weighted by Gasteiger charge is 2.15. The average Bonchev–Trinajstić information content (AvgIpc) is 2.59. The summed E-state index contributed by atoms with van der Waals surface area (Å²) >= 11 is 17.0. The molecule has 0 aliphatic heterocycles. The number of alkyl halides is 1. The predicted molar refractivity (Wildman–Crippen MR) is 73.9 cm³/mol. The van der Waals surface area contributed by atoms with E-state index in [1.807, 2.05) is 24.3 Å². The van der Waals surface area contributed by atoms with E-state index in [4.69, 9.17) is 23.2 Å². The normalized spacial score (nSPS) is 12.7. The van der Waals surface area contributed by atoms with Crippen LogP contribution in [0.5, 0.6) is 0 Å². The molecule has 0 spiro atoms. The number of thiophene rings is 1. The largest absolute Gasteiger partial charge is 0.261 e. The summed E-state index contributed by atoms with van der Waals surface area (Å²) in [5.74, 6) is 0. The summed E-state index contributed by atoms with van der Waals surface area (Å²) in [4.78, 5) is 4.43. The van der Waals surface area contributed by atoms with Gasteiger partial charge in [-0.15, -0.1) is 11.3 Å². The van der Waals surface area contributed by atoms with Crippen LogP contribution < -0.4 is 0 Å². The molecular formula is C11H8BrCl2NS. The third-order valence-electron chi connectivity index (χ3n) is 2.14. The van der Waals surface area contributed by atoms with E-state index in [1.54, 1.807) is 6.20 Å². The summed E-state index contributed by atoms with van der Waals surface area (Å²) in [6.45, 7) is 0. The Hall–Kier alpha value is -0.0900. The molecule has 16 heavy (non-hydrogen) atoms. The monoisotopic (exact) mass is 335 g/mol. The standard InChI is InChI=1S/C11H8BrCl2NS/c12-9(5-7-3-1-2-4-15-7)8-6-10(13)16-11(8)14/h1-4,6,9H,5H2. The lowest BCUT2D eigenvalue weighted by atomic mass is 10.1. The smallest absolute Gasteiger partial charge is 0.0987 e. The van der Waals surface area contributed by atoms with Gasteiger partial charge < -0.3 is 0 Å². The maximum absolute atomic E-state index is 6.09. The second-order valence-corrected chi connectivity index (χ2v) is 6.66. The van der Waals surface area contributed by atoms with E-state index in [2.05, 4.69) is 20.9 Å². The molecule has 1 atom stereocenters. The Morgan fingerprint density at radius 3 is 2.75 bits per heavy atom. The lowest BCUT2D eigenvalue weighted by Gasteiger charge is -2.07. The third kappa shape index (κ3) is 2.98. The van der Waals surface area contributed by atoms with Crippen molar-refractivity contribution < 1.29 is 0 Å². The molecule has 0 aromatic carbocycles. The minimum Gasteiger partial charge on any atom is -0.261 e. The number of hydrogen-bond acceptors (Lipinski definition) is 2. The zero-order valence-electron chi connectivity index (χ0n) is 8.16. The van der Waals surface area contributed by atoms with E-state index >= 15 is 0 Å². The van der Waals surface area contributed by atoms with Gasteiger partial charge in [0, 0.05) is 23.1 Å². The van der Waals surface area contributed by atoms with Crippen LogP contribution in [-0.2, 0) is 6.42 Å². The van der Waals surface area contributed by atoms with Gasteiger partial charge in [-0.2, -0.15) is 0 Å². The fraction of sp³-hybridized carbons (Fsp3) is 0.182. The van der Waals surface area contributed by atoms with E-state index in [0.29, 0.717) is 4.34 Å². The number of nitrogens with zero attached hydrogens (tertiary/aromatic N) is 1. The van der Waals surface area contributed by atoms with Gasteiger partial charge >= 0.3 is 0 Å². The van der Waals surface area contributed by atoms with Gasteiger partial charge in [-0.05, 0) is 23.8 Å². The van der Waals surface area contributed by atoms with Crippen LogP contribution in [0.25, 0.3) is 0 Å². The summed E-state index contributed by atoms with van der Waals surface area (Å²) in [7, 11) is 0. The topological polar surface area (TPSA) is 12.9 Å². The molecule has 0 bridgehead atoms. The van der Waals surface area contributed by atoms with Crippen LogP contribution >= 0.6 is 50.5 Å². The molecule has 0 fully saturated rings. The number of aromatic nitrogens is 1. The Kier molecular flexibility index (Phi) is 4.25. The lowest BCUT2D eigenvalue weighted by molar-refractivity contribution is 0.909. The van der Waals surface area contributed by atoms with Gasteiger partial charge in [-0.1, -0.05) is 45.2 Å². The van der Waals surface area contributed by atoms with Crippen molar-refractivity contribution >= 4 is 50.5 Å². The van der Waals surface area contributed by atoms with Gasteiger partial charge in [-0.25, -0.2) is 0 Å². The SMILES string of the molecule is Clc1cc(C(Br)Cc2ccccn2)c(Cl)s1. The summed E-state index contributed by atoms with van der Waals surface area (Å²) in [6, 6.07) is 7.78. The highest BCUT2D eigenvalue weighted by molar-refractivity contribution is 9.09. The molecular weight excluding hydrogens is 329 g/mol. The molecule has 2 aromatic heterocycles. The van der Waals surface area contributed by atoms with E-state index in [9.17, 15) is 0 Å². The van der Waals surface area contributed by atoms with Gasteiger partial charge in [0.15, 0.2) is 0 Å². The van der Waals surface area contributed by atoms with Crippen molar-refractivity contribution in [2.45, 2.75) is 11.2 Å². The minimum absolute atomic E-state index is 0.152. The van der Waals surface area contributed by atoms with E-state index in [0.717, 1.165) is 22.0 Å². The van der Waals surface area contributed by atoms with Crippen LogP contribution in [0.3, 0.4) is 0 Å². The molecule has 0 saturated carbocycles. The predicted octanol–water partition coefficient (Wildman–Crippen LogP) is 5.13. The number of rotatable bonds is 3. The third-order valence-corrected chi connectivity index (χ3v) is 4.47.